The molecule has 0 unspecified atom stereocenters. The van der Waals surface area contributed by atoms with Crippen LogP contribution in [0.2, 0.25) is 0 Å². The number of anilines is 1. The number of hydrogen-bond donors (Lipinski definition) is 1. The van der Waals surface area contributed by atoms with Crippen LogP contribution in [0.4, 0.5) is 10.1 Å². The average Bonchev–Trinajstić information content (AvgIpc) is 3.09. The number of aryl methyl sites for hydroxylation is 1. The minimum Gasteiger partial charge on any atom is -0.489 e. The number of hydrogen-bond acceptors (Lipinski definition) is 4. The summed E-state index contributed by atoms with van der Waals surface area (Å²) in [4.78, 5) is 24.3. The summed E-state index contributed by atoms with van der Waals surface area (Å²) < 4.78 is 25.4. The molecule has 0 saturated heterocycles. The van der Waals surface area contributed by atoms with Gasteiger partial charge >= 0.3 is 5.76 Å². The molecule has 3 aromatic carbocycles. The van der Waals surface area contributed by atoms with Crippen LogP contribution in [-0.4, -0.2) is 10.5 Å². The second-order valence-electron chi connectivity index (χ2n) is 7.08. The fourth-order valence-corrected chi connectivity index (χ4v) is 3.26. The zero-order valence-electron chi connectivity index (χ0n) is 16.7. The van der Waals surface area contributed by atoms with Gasteiger partial charge in [0.15, 0.2) is 5.58 Å². The van der Waals surface area contributed by atoms with E-state index in [9.17, 15) is 14.0 Å². The van der Waals surface area contributed by atoms with Crippen molar-refractivity contribution in [2.45, 2.75) is 26.0 Å². The molecule has 7 heteroatoms. The molecule has 0 atom stereocenters. The van der Waals surface area contributed by atoms with Crippen molar-refractivity contribution in [3.05, 3.63) is 94.7 Å². The van der Waals surface area contributed by atoms with E-state index in [0.717, 1.165) is 11.1 Å². The number of rotatable bonds is 8. The fraction of sp³-hybridized carbons (Fsp3) is 0.167. The van der Waals surface area contributed by atoms with Crippen molar-refractivity contribution < 1.29 is 18.3 Å². The highest BCUT2D eigenvalue weighted by atomic mass is 19.1. The van der Waals surface area contributed by atoms with Crippen molar-refractivity contribution in [1.82, 2.24) is 4.57 Å². The van der Waals surface area contributed by atoms with E-state index in [4.69, 9.17) is 9.15 Å². The molecular weight excluding hydrogens is 399 g/mol. The van der Waals surface area contributed by atoms with Gasteiger partial charge in [-0.2, -0.15) is 0 Å². The summed E-state index contributed by atoms with van der Waals surface area (Å²) in [6.45, 7) is 0.690. The second-order valence-corrected chi connectivity index (χ2v) is 7.08. The minimum atomic E-state index is -0.424. The fourth-order valence-electron chi connectivity index (χ4n) is 3.26. The topological polar surface area (TPSA) is 73.5 Å². The maximum Gasteiger partial charge on any atom is 0.419 e. The van der Waals surface area contributed by atoms with Crippen LogP contribution in [-0.2, 0) is 17.9 Å². The van der Waals surface area contributed by atoms with E-state index in [2.05, 4.69) is 5.32 Å². The maximum atomic E-state index is 13.0. The summed E-state index contributed by atoms with van der Waals surface area (Å²) in [6.07, 6.45) is 0.753. The zero-order chi connectivity index (χ0) is 21.6. The van der Waals surface area contributed by atoms with Crippen LogP contribution in [0.5, 0.6) is 5.75 Å². The number of carbonyl (C=O) groups is 1. The van der Waals surface area contributed by atoms with E-state index >= 15 is 0 Å². The van der Waals surface area contributed by atoms with E-state index in [1.54, 1.807) is 48.5 Å². The maximum absolute atomic E-state index is 13.0. The third-order valence-electron chi connectivity index (χ3n) is 4.80. The van der Waals surface area contributed by atoms with Gasteiger partial charge in [0, 0.05) is 24.7 Å². The molecule has 1 heterocycles. The molecule has 0 aliphatic heterocycles. The molecule has 6 nitrogen and oxygen atoms in total. The van der Waals surface area contributed by atoms with Crippen LogP contribution < -0.4 is 15.8 Å². The molecule has 31 heavy (non-hydrogen) atoms. The standard InChI is InChI=1S/C24H21FN2O4/c25-18-12-10-17(11-13-18)16-30-20-6-3-5-19(15-20)26-23(28)9-4-14-27-21-7-1-2-8-22(21)31-24(27)29/h1-3,5-8,10-13,15H,4,9,14,16H2,(H,26,28). The Hall–Kier alpha value is -3.87. The Morgan fingerprint density at radius 1 is 1.03 bits per heavy atom. The number of amides is 1. The van der Waals surface area contributed by atoms with Gasteiger partial charge in [-0.05, 0) is 48.4 Å². The molecule has 0 aliphatic carbocycles. The summed E-state index contributed by atoms with van der Waals surface area (Å²) in [5, 5.41) is 2.84. The molecule has 158 valence electrons. The number of carbonyl (C=O) groups excluding carboxylic acids is 1. The van der Waals surface area contributed by atoms with Crippen molar-refractivity contribution in [3.8, 4) is 5.75 Å². The first-order valence-electron chi connectivity index (χ1n) is 9.94. The molecule has 1 amide bonds. The summed E-state index contributed by atoms with van der Waals surface area (Å²) in [7, 11) is 0. The van der Waals surface area contributed by atoms with Gasteiger partial charge in [0.25, 0.3) is 0 Å². The number of aromatic nitrogens is 1. The highest BCUT2D eigenvalue weighted by Crippen LogP contribution is 2.19. The Morgan fingerprint density at radius 2 is 1.84 bits per heavy atom. The first kappa shape index (κ1) is 20.4. The molecule has 0 radical (unpaired) electrons. The second kappa shape index (κ2) is 9.30. The molecule has 1 aromatic heterocycles. The molecular formula is C24H21FN2O4. The molecule has 4 rings (SSSR count). The largest absolute Gasteiger partial charge is 0.489 e. The minimum absolute atomic E-state index is 0.156. The van der Waals surface area contributed by atoms with E-state index in [1.165, 1.54) is 16.7 Å². The molecule has 1 N–H and O–H groups in total. The zero-order valence-corrected chi connectivity index (χ0v) is 16.7. The normalized spacial score (nSPS) is 10.9. The van der Waals surface area contributed by atoms with Gasteiger partial charge in [-0.1, -0.05) is 30.3 Å². The van der Waals surface area contributed by atoms with E-state index < -0.39 is 5.76 Å². The third kappa shape index (κ3) is 5.19. The molecule has 4 aromatic rings. The number of nitrogens with one attached hydrogen (secondary N) is 1. The average molecular weight is 420 g/mol. The monoisotopic (exact) mass is 420 g/mol. The van der Waals surface area contributed by atoms with E-state index in [-0.39, 0.29) is 18.1 Å². The molecule has 0 bridgehead atoms. The number of nitrogens with zero attached hydrogens (tertiary/aromatic N) is 1. The van der Waals surface area contributed by atoms with Crippen LogP contribution in [0.1, 0.15) is 18.4 Å². The Bertz CT molecular complexity index is 1240. The predicted molar refractivity (Wildman–Crippen MR) is 116 cm³/mol. The smallest absolute Gasteiger partial charge is 0.419 e. The van der Waals surface area contributed by atoms with Gasteiger partial charge in [-0.25, -0.2) is 9.18 Å². The Balaban J connectivity index is 1.29. The number of fused-ring (bicyclic) bond motifs is 1. The Kier molecular flexibility index (Phi) is 6.12. The highest BCUT2D eigenvalue weighted by molar-refractivity contribution is 5.90. The van der Waals surface area contributed by atoms with Crippen LogP contribution in [0.3, 0.4) is 0 Å². The SMILES string of the molecule is O=C(CCCn1c(=O)oc2ccccc21)Nc1cccc(OCc2ccc(F)cc2)c1. The van der Waals surface area contributed by atoms with Crippen molar-refractivity contribution >= 4 is 22.7 Å². The molecule has 0 spiro atoms. The number of ether oxygens (including phenoxy) is 1. The van der Waals surface area contributed by atoms with Crippen molar-refractivity contribution in [2.24, 2.45) is 0 Å². The van der Waals surface area contributed by atoms with Crippen molar-refractivity contribution in [2.75, 3.05) is 5.32 Å². The van der Waals surface area contributed by atoms with Gasteiger partial charge in [0.2, 0.25) is 5.91 Å². The van der Waals surface area contributed by atoms with Gasteiger partial charge in [0.05, 0.1) is 5.52 Å². The number of oxazole rings is 1. The summed E-state index contributed by atoms with van der Waals surface area (Å²) in [5.41, 5.74) is 2.72. The lowest BCUT2D eigenvalue weighted by Gasteiger charge is -2.09. The lowest BCUT2D eigenvalue weighted by molar-refractivity contribution is -0.116. The Labute approximate surface area is 177 Å². The van der Waals surface area contributed by atoms with Crippen molar-refractivity contribution in [3.63, 3.8) is 0 Å². The predicted octanol–water partition coefficient (Wildman–Crippen LogP) is 4.73. The lowest BCUT2D eigenvalue weighted by Crippen LogP contribution is -2.17. The first-order chi connectivity index (χ1) is 15.1. The first-order valence-corrected chi connectivity index (χ1v) is 9.94. The highest BCUT2D eigenvalue weighted by Gasteiger charge is 2.09. The van der Waals surface area contributed by atoms with Gasteiger partial charge < -0.3 is 14.5 Å². The van der Waals surface area contributed by atoms with Gasteiger partial charge in [-0.3, -0.25) is 9.36 Å². The Morgan fingerprint density at radius 3 is 2.68 bits per heavy atom. The third-order valence-corrected chi connectivity index (χ3v) is 4.80. The van der Waals surface area contributed by atoms with E-state index in [0.29, 0.717) is 36.6 Å². The summed E-state index contributed by atoms with van der Waals surface area (Å²) in [5.74, 6) is -0.276. The van der Waals surface area contributed by atoms with Crippen LogP contribution in [0.25, 0.3) is 11.1 Å². The quantitative estimate of drug-likeness (QED) is 0.447. The summed E-state index contributed by atoms with van der Waals surface area (Å²) in [6, 6.07) is 20.4. The number of halogens is 1. The van der Waals surface area contributed by atoms with Crippen LogP contribution >= 0.6 is 0 Å². The van der Waals surface area contributed by atoms with Gasteiger partial charge in [-0.15, -0.1) is 0 Å². The summed E-state index contributed by atoms with van der Waals surface area (Å²) >= 11 is 0. The number of benzene rings is 3. The molecule has 0 fully saturated rings. The van der Waals surface area contributed by atoms with Crippen LogP contribution in [0.15, 0.2) is 82.0 Å². The molecule has 0 saturated carbocycles. The van der Waals surface area contributed by atoms with Crippen LogP contribution in [0, 0.1) is 5.82 Å². The lowest BCUT2D eigenvalue weighted by atomic mass is 10.2. The molecule has 0 aliphatic rings. The number of para-hydroxylation sites is 2. The van der Waals surface area contributed by atoms with E-state index in [1.807, 2.05) is 12.1 Å². The van der Waals surface area contributed by atoms with Crippen molar-refractivity contribution in [1.29, 1.82) is 0 Å². The van der Waals surface area contributed by atoms with Gasteiger partial charge in [0.1, 0.15) is 18.2 Å².